The Hall–Kier alpha value is -0.820. The topological polar surface area (TPSA) is 239 Å². The van der Waals surface area contributed by atoms with Gasteiger partial charge in [-0.15, -0.1) is 0 Å². The number of hydrogen-bond donors (Lipinski definition) is 10. The highest BCUT2D eigenvalue weighted by Gasteiger charge is 2.72. The van der Waals surface area contributed by atoms with Crippen molar-refractivity contribution in [1.29, 1.82) is 0 Å². The standard InChI is InChI=1S/C42H70O14/c1-37(2)10-12-42(19-53-36-33(31(51)29(49)24(18-44)55-36)56-35-32(52)30(50)28(48)23(17-43)54-35)13-11-39(5)20(21(42)16-37)14-22(45)34-40(39,6)9-8-25-38(3,4)26(46)15-27(47)41(25,34)7/h14,21-36,43-52H,8-13,15-19H2,1-7H3/t21-,22-,23-,24-,25-,26+,27-,28-,29-,30+,31+,32-,33-,34+,35+,36-,39-,40-,41-,42-/m1/s1. The third-order valence-electron chi connectivity index (χ3n) is 17.4. The SMILES string of the molecule is CC1(C)CC[C@]2(CO[C@@H]3O[C@H](CO)[C@@H](O)[C@H](O)[C@H]3O[C@@H]3O[C@H](CO)[C@@H](O)[C@H](O)[C@H]3O)CC[C@]3(C)C(=C[C@@H](O)[C@@H]4[C@@]5(C)[C@H](O)C[C@H](O)C(C)(C)[C@H]5CC[C@]43C)[C@H]2C1. The Morgan fingerprint density at radius 3 is 1.95 bits per heavy atom. The first-order valence-electron chi connectivity index (χ1n) is 21.0. The van der Waals surface area contributed by atoms with Crippen LogP contribution in [0.2, 0.25) is 0 Å². The third-order valence-corrected chi connectivity index (χ3v) is 17.4. The van der Waals surface area contributed by atoms with Crippen molar-refractivity contribution in [2.75, 3.05) is 19.8 Å². The lowest BCUT2D eigenvalue weighted by atomic mass is 9.33. The molecule has 14 nitrogen and oxygen atoms in total. The molecule has 10 N–H and O–H groups in total. The largest absolute Gasteiger partial charge is 0.394 e. The molecule has 4 saturated carbocycles. The van der Waals surface area contributed by atoms with Gasteiger partial charge in [0.2, 0.25) is 0 Å². The molecule has 6 fully saturated rings. The molecule has 0 aromatic heterocycles. The second-order valence-corrected chi connectivity index (χ2v) is 21.0. The summed E-state index contributed by atoms with van der Waals surface area (Å²) in [5, 5.41) is 109. The van der Waals surface area contributed by atoms with Crippen molar-refractivity contribution in [1.82, 2.24) is 0 Å². The van der Waals surface area contributed by atoms with Crippen molar-refractivity contribution >= 4 is 0 Å². The number of aliphatic hydroxyl groups excluding tert-OH is 10. The van der Waals surface area contributed by atoms with Gasteiger partial charge >= 0.3 is 0 Å². The first-order chi connectivity index (χ1) is 26.0. The maximum Gasteiger partial charge on any atom is 0.187 e. The van der Waals surface area contributed by atoms with Crippen molar-refractivity contribution in [3.8, 4) is 0 Å². The van der Waals surface area contributed by atoms with Crippen LogP contribution in [-0.2, 0) is 18.9 Å². The van der Waals surface area contributed by atoms with Gasteiger partial charge in [0.05, 0.1) is 38.1 Å². The van der Waals surface area contributed by atoms with E-state index < -0.39 is 109 Å². The maximum absolute atomic E-state index is 12.4. The normalized spacial score (nSPS) is 55.2. The van der Waals surface area contributed by atoms with Crippen LogP contribution in [0.3, 0.4) is 0 Å². The second kappa shape index (κ2) is 14.7. The smallest absolute Gasteiger partial charge is 0.187 e. The summed E-state index contributed by atoms with van der Waals surface area (Å²) in [5.74, 6) is -0.214. The van der Waals surface area contributed by atoms with Crippen LogP contribution in [0.4, 0.5) is 0 Å². The van der Waals surface area contributed by atoms with Crippen molar-refractivity contribution in [3.63, 3.8) is 0 Å². The second-order valence-electron chi connectivity index (χ2n) is 21.0. The molecular weight excluding hydrogens is 728 g/mol. The van der Waals surface area contributed by atoms with Gasteiger partial charge in [0.25, 0.3) is 0 Å². The van der Waals surface area contributed by atoms with E-state index in [1.807, 2.05) is 0 Å². The Balaban J connectivity index is 1.21. The van der Waals surface area contributed by atoms with Crippen molar-refractivity contribution in [2.45, 2.75) is 180 Å². The molecule has 7 rings (SSSR count). The molecule has 0 aromatic rings. The fourth-order valence-electron chi connectivity index (χ4n) is 13.6. The molecule has 0 aromatic carbocycles. The van der Waals surface area contributed by atoms with E-state index in [1.54, 1.807) is 0 Å². The van der Waals surface area contributed by atoms with Crippen LogP contribution < -0.4 is 0 Å². The molecule has 2 aliphatic heterocycles. The predicted octanol–water partition coefficient (Wildman–Crippen LogP) is 0.731. The maximum atomic E-state index is 12.4. The van der Waals surface area contributed by atoms with Gasteiger partial charge < -0.3 is 70.0 Å². The molecule has 7 aliphatic rings. The molecule has 20 atom stereocenters. The highest BCUT2D eigenvalue weighted by atomic mass is 16.8. The molecule has 2 saturated heterocycles. The summed E-state index contributed by atoms with van der Waals surface area (Å²) in [7, 11) is 0. The van der Waals surface area contributed by atoms with Gasteiger partial charge in [-0.05, 0) is 78.4 Å². The van der Waals surface area contributed by atoms with Gasteiger partial charge in [0.1, 0.15) is 48.8 Å². The number of ether oxygens (including phenoxy) is 4. The number of rotatable bonds is 7. The molecule has 56 heavy (non-hydrogen) atoms. The fraction of sp³-hybridized carbons (Fsp3) is 0.952. The van der Waals surface area contributed by atoms with E-state index in [0.29, 0.717) is 0 Å². The molecular formula is C42H70O14. The summed E-state index contributed by atoms with van der Waals surface area (Å²) >= 11 is 0. The molecule has 14 heteroatoms. The van der Waals surface area contributed by atoms with Crippen LogP contribution in [0.5, 0.6) is 0 Å². The van der Waals surface area contributed by atoms with Crippen LogP contribution in [0.15, 0.2) is 11.6 Å². The van der Waals surface area contributed by atoms with Gasteiger partial charge in [-0.25, -0.2) is 0 Å². The van der Waals surface area contributed by atoms with E-state index >= 15 is 0 Å². The first-order valence-corrected chi connectivity index (χ1v) is 21.0. The zero-order valence-corrected chi connectivity index (χ0v) is 34.2. The number of allylic oxidation sites excluding steroid dienone is 1. The summed E-state index contributed by atoms with van der Waals surface area (Å²) in [5.41, 5.74) is -0.943. The van der Waals surface area contributed by atoms with Gasteiger partial charge in [0, 0.05) is 23.2 Å². The molecule has 0 unspecified atom stereocenters. The zero-order valence-electron chi connectivity index (χ0n) is 34.2. The van der Waals surface area contributed by atoms with E-state index in [2.05, 4.69) is 54.5 Å². The number of aliphatic hydroxyl groups is 10. The quantitative estimate of drug-likeness (QED) is 0.160. The molecule has 322 valence electrons. The van der Waals surface area contributed by atoms with E-state index in [0.717, 1.165) is 44.9 Å². The average molecular weight is 799 g/mol. The summed E-state index contributed by atoms with van der Waals surface area (Å²) in [4.78, 5) is 0. The predicted molar refractivity (Wildman–Crippen MR) is 200 cm³/mol. The average Bonchev–Trinajstić information content (AvgIpc) is 3.13. The Morgan fingerprint density at radius 2 is 1.30 bits per heavy atom. The van der Waals surface area contributed by atoms with E-state index in [1.165, 1.54) is 5.57 Å². The molecule has 2 heterocycles. The van der Waals surface area contributed by atoms with Gasteiger partial charge in [-0.2, -0.15) is 0 Å². The van der Waals surface area contributed by atoms with E-state index in [9.17, 15) is 51.1 Å². The summed E-state index contributed by atoms with van der Waals surface area (Å²) in [6.45, 7) is 14.4. The lowest BCUT2D eigenvalue weighted by molar-refractivity contribution is -0.370. The van der Waals surface area contributed by atoms with E-state index in [4.69, 9.17) is 18.9 Å². The molecule has 0 radical (unpaired) electrons. The van der Waals surface area contributed by atoms with Gasteiger partial charge in [-0.3, -0.25) is 0 Å². The zero-order chi connectivity index (χ0) is 41.1. The Kier molecular flexibility index (Phi) is 11.3. The molecule has 5 aliphatic carbocycles. The van der Waals surface area contributed by atoms with Crippen molar-refractivity contribution in [2.24, 2.45) is 50.2 Å². The first kappa shape index (κ1) is 43.3. The molecule has 0 amide bonds. The minimum absolute atomic E-state index is 0.00458. The summed E-state index contributed by atoms with van der Waals surface area (Å²) < 4.78 is 24.2. The van der Waals surface area contributed by atoms with E-state index in [-0.39, 0.29) is 47.0 Å². The van der Waals surface area contributed by atoms with Gasteiger partial charge in [0.15, 0.2) is 12.6 Å². The minimum Gasteiger partial charge on any atom is -0.394 e. The van der Waals surface area contributed by atoms with Crippen LogP contribution in [0.25, 0.3) is 0 Å². The number of hydrogen-bond acceptors (Lipinski definition) is 14. The van der Waals surface area contributed by atoms with Gasteiger partial charge in [-0.1, -0.05) is 60.1 Å². The van der Waals surface area contributed by atoms with Crippen LogP contribution in [-0.4, -0.2) is 151 Å². The Bertz CT molecular complexity index is 1470. The fourth-order valence-corrected chi connectivity index (χ4v) is 13.6. The van der Waals surface area contributed by atoms with Crippen LogP contribution >= 0.6 is 0 Å². The third kappa shape index (κ3) is 6.34. The summed E-state index contributed by atoms with van der Waals surface area (Å²) in [6, 6.07) is 0. The van der Waals surface area contributed by atoms with Crippen LogP contribution in [0.1, 0.15) is 99.8 Å². The summed E-state index contributed by atoms with van der Waals surface area (Å²) in [6.07, 6.45) is -9.36. The minimum atomic E-state index is -1.77. The highest BCUT2D eigenvalue weighted by molar-refractivity contribution is 5.36. The Morgan fingerprint density at radius 1 is 0.696 bits per heavy atom. The highest BCUT2D eigenvalue weighted by Crippen LogP contribution is 2.75. The molecule has 0 spiro atoms. The van der Waals surface area contributed by atoms with Crippen molar-refractivity contribution in [3.05, 3.63) is 11.6 Å². The van der Waals surface area contributed by atoms with Crippen LogP contribution in [0, 0.1) is 50.2 Å². The molecule has 0 bridgehead atoms. The van der Waals surface area contributed by atoms with Crippen molar-refractivity contribution < 1.29 is 70.0 Å². The monoisotopic (exact) mass is 798 g/mol. The Labute approximate surface area is 330 Å². The lowest BCUT2D eigenvalue weighted by Crippen LogP contribution is -2.70. The lowest BCUT2D eigenvalue weighted by Gasteiger charge is -2.72. The number of fused-ring (bicyclic) bond motifs is 7.